The maximum Gasteiger partial charge on any atom is 0.0735 e. The molecule has 1 aromatic rings. The SMILES string of the molecule is Cc1nncc(C(C)C)c1S. The summed E-state index contributed by atoms with van der Waals surface area (Å²) in [6.07, 6.45) is 1.78. The zero-order valence-corrected chi connectivity index (χ0v) is 7.89. The van der Waals surface area contributed by atoms with Gasteiger partial charge in [0.15, 0.2) is 0 Å². The second-order valence-corrected chi connectivity index (χ2v) is 3.34. The van der Waals surface area contributed by atoms with Gasteiger partial charge in [0.25, 0.3) is 0 Å². The van der Waals surface area contributed by atoms with Gasteiger partial charge < -0.3 is 0 Å². The van der Waals surface area contributed by atoms with Gasteiger partial charge in [-0.2, -0.15) is 10.2 Å². The largest absolute Gasteiger partial charge is 0.159 e. The Labute approximate surface area is 72.5 Å². The first-order chi connectivity index (χ1) is 5.13. The molecule has 0 radical (unpaired) electrons. The van der Waals surface area contributed by atoms with Crippen LogP contribution in [0, 0.1) is 6.92 Å². The molecule has 0 aliphatic rings. The van der Waals surface area contributed by atoms with Crippen LogP contribution in [0.5, 0.6) is 0 Å². The second-order valence-electron chi connectivity index (χ2n) is 2.89. The molecular weight excluding hydrogens is 156 g/mol. The van der Waals surface area contributed by atoms with E-state index in [2.05, 4.69) is 36.7 Å². The van der Waals surface area contributed by atoms with E-state index in [1.165, 1.54) is 5.56 Å². The van der Waals surface area contributed by atoms with Crippen molar-refractivity contribution in [1.82, 2.24) is 10.2 Å². The predicted molar refractivity (Wildman–Crippen MR) is 48.1 cm³/mol. The molecule has 60 valence electrons. The quantitative estimate of drug-likeness (QED) is 0.650. The minimum Gasteiger partial charge on any atom is -0.159 e. The Balaban J connectivity index is 3.17. The van der Waals surface area contributed by atoms with Gasteiger partial charge in [-0.15, -0.1) is 12.6 Å². The lowest BCUT2D eigenvalue weighted by Gasteiger charge is -2.07. The van der Waals surface area contributed by atoms with Crippen molar-refractivity contribution in [2.24, 2.45) is 0 Å². The first-order valence-electron chi connectivity index (χ1n) is 3.64. The zero-order valence-electron chi connectivity index (χ0n) is 7.00. The summed E-state index contributed by atoms with van der Waals surface area (Å²) >= 11 is 4.35. The van der Waals surface area contributed by atoms with Gasteiger partial charge in [-0.05, 0) is 18.4 Å². The van der Waals surface area contributed by atoms with Gasteiger partial charge in [0.1, 0.15) is 0 Å². The molecule has 0 spiro atoms. The lowest BCUT2D eigenvalue weighted by Crippen LogP contribution is -1.96. The van der Waals surface area contributed by atoms with Crippen molar-refractivity contribution in [1.29, 1.82) is 0 Å². The fourth-order valence-electron chi connectivity index (χ4n) is 0.918. The Morgan fingerprint density at radius 3 is 2.55 bits per heavy atom. The molecule has 11 heavy (non-hydrogen) atoms. The van der Waals surface area contributed by atoms with E-state index < -0.39 is 0 Å². The van der Waals surface area contributed by atoms with E-state index in [0.717, 1.165) is 10.6 Å². The Kier molecular flexibility index (Phi) is 2.49. The molecule has 1 heterocycles. The maximum atomic E-state index is 4.35. The molecule has 0 aliphatic carbocycles. The highest BCUT2D eigenvalue weighted by atomic mass is 32.1. The van der Waals surface area contributed by atoms with Crippen LogP contribution in [0.3, 0.4) is 0 Å². The number of aromatic nitrogens is 2. The van der Waals surface area contributed by atoms with Gasteiger partial charge >= 0.3 is 0 Å². The van der Waals surface area contributed by atoms with Crippen molar-refractivity contribution in [3.05, 3.63) is 17.5 Å². The van der Waals surface area contributed by atoms with Crippen LogP contribution in [0.4, 0.5) is 0 Å². The summed E-state index contributed by atoms with van der Waals surface area (Å²) in [5, 5.41) is 7.76. The lowest BCUT2D eigenvalue weighted by atomic mass is 10.1. The third kappa shape index (κ3) is 1.71. The molecule has 0 N–H and O–H groups in total. The highest BCUT2D eigenvalue weighted by Gasteiger charge is 2.06. The van der Waals surface area contributed by atoms with E-state index in [4.69, 9.17) is 0 Å². The summed E-state index contributed by atoms with van der Waals surface area (Å²) in [6.45, 7) is 6.16. The van der Waals surface area contributed by atoms with E-state index in [1.807, 2.05) is 6.92 Å². The number of aryl methyl sites for hydroxylation is 1. The standard InChI is InChI=1S/C8H12N2S/c1-5(2)7-4-9-10-6(3)8(7)11/h4-5H,1-3H3,(H,9,11). The zero-order chi connectivity index (χ0) is 8.43. The highest BCUT2D eigenvalue weighted by molar-refractivity contribution is 7.80. The number of thiol groups is 1. The van der Waals surface area contributed by atoms with Crippen LogP contribution in [-0.4, -0.2) is 10.2 Å². The van der Waals surface area contributed by atoms with Crippen LogP contribution in [0.2, 0.25) is 0 Å². The fourth-order valence-corrected chi connectivity index (χ4v) is 1.28. The third-order valence-corrected chi connectivity index (χ3v) is 2.22. The lowest BCUT2D eigenvalue weighted by molar-refractivity contribution is 0.795. The first-order valence-corrected chi connectivity index (χ1v) is 4.08. The smallest absolute Gasteiger partial charge is 0.0735 e. The molecule has 0 aromatic carbocycles. The Morgan fingerprint density at radius 1 is 1.45 bits per heavy atom. The van der Waals surface area contributed by atoms with Crippen LogP contribution < -0.4 is 0 Å². The summed E-state index contributed by atoms with van der Waals surface area (Å²) in [5.74, 6) is 0.469. The average Bonchev–Trinajstić information content (AvgIpc) is 1.94. The molecule has 0 fully saturated rings. The van der Waals surface area contributed by atoms with Crippen molar-refractivity contribution in [2.45, 2.75) is 31.6 Å². The molecular formula is C8H12N2S. The molecule has 1 rings (SSSR count). The summed E-state index contributed by atoms with van der Waals surface area (Å²) in [6, 6.07) is 0. The fraction of sp³-hybridized carbons (Fsp3) is 0.500. The molecule has 0 saturated heterocycles. The molecule has 0 atom stereocenters. The molecule has 0 unspecified atom stereocenters. The predicted octanol–water partition coefficient (Wildman–Crippen LogP) is 2.20. The maximum absolute atomic E-state index is 4.35. The van der Waals surface area contributed by atoms with Crippen molar-refractivity contribution in [3.63, 3.8) is 0 Å². The summed E-state index contributed by atoms with van der Waals surface area (Å²) in [5.41, 5.74) is 2.07. The van der Waals surface area contributed by atoms with Gasteiger partial charge in [-0.25, -0.2) is 0 Å². The Hall–Kier alpha value is -0.570. The van der Waals surface area contributed by atoms with E-state index in [-0.39, 0.29) is 0 Å². The van der Waals surface area contributed by atoms with Gasteiger partial charge in [-0.3, -0.25) is 0 Å². The van der Waals surface area contributed by atoms with Crippen LogP contribution in [0.25, 0.3) is 0 Å². The molecule has 1 aromatic heterocycles. The van der Waals surface area contributed by atoms with Gasteiger partial charge in [0, 0.05) is 4.90 Å². The third-order valence-electron chi connectivity index (χ3n) is 1.64. The van der Waals surface area contributed by atoms with Gasteiger partial charge in [0.2, 0.25) is 0 Å². The molecule has 0 saturated carbocycles. The van der Waals surface area contributed by atoms with Gasteiger partial charge in [-0.1, -0.05) is 13.8 Å². The number of hydrogen-bond acceptors (Lipinski definition) is 3. The summed E-state index contributed by atoms with van der Waals surface area (Å²) in [7, 11) is 0. The average molecular weight is 168 g/mol. The minimum absolute atomic E-state index is 0.469. The number of nitrogens with zero attached hydrogens (tertiary/aromatic N) is 2. The van der Waals surface area contributed by atoms with Crippen LogP contribution in [0.1, 0.15) is 31.0 Å². The first kappa shape index (κ1) is 8.53. The van der Waals surface area contributed by atoms with Crippen molar-refractivity contribution >= 4 is 12.6 Å². The van der Waals surface area contributed by atoms with Crippen LogP contribution in [-0.2, 0) is 0 Å². The van der Waals surface area contributed by atoms with Crippen LogP contribution in [0.15, 0.2) is 11.1 Å². The highest BCUT2D eigenvalue weighted by Crippen LogP contribution is 2.22. The van der Waals surface area contributed by atoms with E-state index in [0.29, 0.717) is 5.92 Å². The summed E-state index contributed by atoms with van der Waals surface area (Å²) < 4.78 is 0. The Bertz CT molecular complexity index is 258. The van der Waals surface area contributed by atoms with Gasteiger partial charge in [0.05, 0.1) is 11.9 Å². The molecule has 0 amide bonds. The monoisotopic (exact) mass is 168 g/mol. The topological polar surface area (TPSA) is 25.8 Å². The second kappa shape index (κ2) is 3.22. The minimum atomic E-state index is 0.469. The van der Waals surface area contributed by atoms with E-state index in [9.17, 15) is 0 Å². The molecule has 0 bridgehead atoms. The van der Waals surface area contributed by atoms with Crippen LogP contribution >= 0.6 is 12.6 Å². The van der Waals surface area contributed by atoms with Crippen molar-refractivity contribution in [3.8, 4) is 0 Å². The Morgan fingerprint density at radius 2 is 2.09 bits per heavy atom. The molecule has 3 heteroatoms. The normalized spacial score (nSPS) is 10.6. The van der Waals surface area contributed by atoms with Crippen molar-refractivity contribution in [2.75, 3.05) is 0 Å². The number of hydrogen-bond donors (Lipinski definition) is 1. The van der Waals surface area contributed by atoms with E-state index in [1.54, 1.807) is 6.20 Å². The van der Waals surface area contributed by atoms with Crippen molar-refractivity contribution < 1.29 is 0 Å². The number of rotatable bonds is 1. The van der Waals surface area contributed by atoms with E-state index >= 15 is 0 Å². The summed E-state index contributed by atoms with van der Waals surface area (Å²) in [4.78, 5) is 0.968. The molecule has 2 nitrogen and oxygen atoms in total. The molecule has 0 aliphatic heterocycles.